The third-order valence-electron chi connectivity index (χ3n) is 2.05. The minimum atomic E-state index is -0.733. The van der Waals surface area contributed by atoms with Crippen molar-refractivity contribution in [2.75, 3.05) is 0 Å². The van der Waals surface area contributed by atoms with E-state index in [1.54, 1.807) is 0 Å². The van der Waals surface area contributed by atoms with E-state index in [0.29, 0.717) is 0 Å². The summed E-state index contributed by atoms with van der Waals surface area (Å²) in [5, 5.41) is 8.52. The Morgan fingerprint density at radius 3 is 2.25 bits per heavy atom. The fourth-order valence-electron chi connectivity index (χ4n) is 1.03. The summed E-state index contributed by atoms with van der Waals surface area (Å²) in [4.78, 5) is 10.4. The van der Waals surface area contributed by atoms with E-state index in [1.165, 1.54) is 5.57 Å². The van der Waals surface area contributed by atoms with Crippen molar-refractivity contribution < 1.29 is 9.90 Å². The number of carboxylic acids is 1. The zero-order valence-corrected chi connectivity index (χ0v) is 8.18. The predicted octanol–water partition coefficient (Wildman–Crippen LogP) is 2.99. The summed E-state index contributed by atoms with van der Waals surface area (Å²) in [5.41, 5.74) is 2.25. The predicted molar refractivity (Wildman–Crippen MR) is 50.2 cm³/mol. The molecule has 0 unspecified atom stereocenters. The van der Waals surface area contributed by atoms with E-state index in [4.69, 9.17) is 5.11 Å². The first-order valence-corrected chi connectivity index (χ1v) is 4.45. The van der Waals surface area contributed by atoms with Crippen LogP contribution in [-0.2, 0) is 4.79 Å². The van der Waals surface area contributed by atoms with Crippen LogP contribution < -0.4 is 0 Å². The molecule has 2 heteroatoms. The van der Waals surface area contributed by atoms with Gasteiger partial charge in [-0.25, -0.2) is 0 Å². The highest BCUT2D eigenvalue weighted by molar-refractivity contribution is 5.70. The van der Waals surface area contributed by atoms with Gasteiger partial charge in [0.1, 0.15) is 0 Å². The van der Waals surface area contributed by atoms with E-state index < -0.39 is 5.97 Å². The molecule has 0 saturated carbocycles. The first kappa shape index (κ1) is 11.2. The molecule has 0 bridgehead atoms. The third-order valence-corrected chi connectivity index (χ3v) is 2.05. The Morgan fingerprint density at radius 1 is 1.25 bits per heavy atom. The van der Waals surface area contributed by atoms with Crippen LogP contribution in [0.15, 0.2) is 11.1 Å². The average Bonchev–Trinajstić information content (AvgIpc) is 1.98. The van der Waals surface area contributed by atoms with Crippen molar-refractivity contribution in [1.82, 2.24) is 0 Å². The van der Waals surface area contributed by atoms with Crippen molar-refractivity contribution in [2.45, 2.75) is 46.5 Å². The molecule has 0 heterocycles. The lowest BCUT2D eigenvalue weighted by Crippen LogP contribution is -1.97. The number of rotatable bonds is 5. The molecule has 2 nitrogen and oxygen atoms in total. The van der Waals surface area contributed by atoms with Gasteiger partial charge in [-0.2, -0.15) is 0 Å². The summed E-state index contributed by atoms with van der Waals surface area (Å²) in [6, 6.07) is 0. The highest BCUT2D eigenvalue weighted by atomic mass is 16.4. The number of hydrogen-bond donors (Lipinski definition) is 1. The Kier molecular flexibility index (Phi) is 5.43. The van der Waals surface area contributed by atoms with Crippen molar-refractivity contribution in [3.05, 3.63) is 11.1 Å². The molecule has 0 aromatic heterocycles. The third kappa shape index (κ3) is 4.94. The van der Waals surface area contributed by atoms with Gasteiger partial charge in [0.2, 0.25) is 0 Å². The summed E-state index contributed by atoms with van der Waals surface area (Å²) in [6.07, 6.45) is 3.55. The van der Waals surface area contributed by atoms with Crippen molar-refractivity contribution in [2.24, 2.45) is 0 Å². The molecule has 0 saturated heterocycles. The number of allylic oxidation sites excluding steroid dienone is 1. The Labute approximate surface area is 74.3 Å². The van der Waals surface area contributed by atoms with Crippen LogP contribution in [0.3, 0.4) is 0 Å². The summed E-state index contributed by atoms with van der Waals surface area (Å²) in [6.45, 7) is 6.06. The van der Waals surface area contributed by atoms with Gasteiger partial charge in [-0.1, -0.05) is 24.5 Å². The second-order valence-electron chi connectivity index (χ2n) is 3.23. The molecule has 0 aliphatic carbocycles. The summed E-state index contributed by atoms with van der Waals surface area (Å²) < 4.78 is 0. The minimum absolute atomic E-state index is 0.190. The SMILES string of the molecule is CCCC/C(C)=C(\C)CC(=O)O. The van der Waals surface area contributed by atoms with Crippen molar-refractivity contribution in [3.63, 3.8) is 0 Å². The lowest BCUT2D eigenvalue weighted by atomic mass is 10.0. The van der Waals surface area contributed by atoms with Crippen LogP contribution >= 0.6 is 0 Å². The van der Waals surface area contributed by atoms with Crippen molar-refractivity contribution >= 4 is 5.97 Å². The average molecular weight is 170 g/mol. The number of aliphatic carboxylic acids is 1. The highest BCUT2D eigenvalue weighted by Crippen LogP contribution is 2.14. The van der Waals surface area contributed by atoms with Gasteiger partial charge in [0.05, 0.1) is 6.42 Å². The van der Waals surface area contributed by atoms with Gasteiger partial charge in [0.15, 0.2) is 0 Å². The van der Waals surface area contributed by atoms with Crippen LogP contribution in [0, 0.1) is 0 Å². The van der Waals surface area contributed by atoms with Crippen molar-refractivity contribution in [1.29, 1.82) is 0 Å². The normalized spacial score (nSPS) is 12.6. The maximum absolute atomic E-state index is 10.4. The Bertz CT molecular complexity index is 180. The second-order valence-corrected chi connectivity index (χ2v) is 3.23. The molecule has 0 aliphatic rings. The summed E-state index contributed by atoms with van der Waals surface area (Å²) >= 11 is 0. The molecule has 0 fully saturated rings. The van der Waals surface area contributed by atoms with E-state index in [9.17, 15) is 4.79 Å². The minimum Gasteiger partial charge on any atom is -0.481 e. The fraction of sp³-hybridized carbons (Fsp3) is 0.700. The molecule has 1 N–H and O–H groups in total. The fourth-order valence-corrected chi connectivity index (χ4v) is 1.03. The van der Waals surface area contributed by atoms with Crippen LogP contribution in [-0.4, -0.2) is 11.1 Å². The van der Waals surface area contributed by atoms with Gasteiger partial charge in [-0.15, -0.1) is 0 Å². The molecule has 70 valence electrons. The molecule has 0 radical (unpaired) electrons. The van der Waals surface area contributed by atoms with E-state index >= 15 is 0 Å². The van der Waals surface area contributed by atoms with Gasteiger partial charge >= 0.3 is 5.97 Å². The number of carboxylic acid groups (broad SMARTS) is 1. The summed E-state index contributed by atoms with van der Waals surface area (Å²) in [5.74, 6) is -0.733. The largest absolute Gasteiger partial charge is 0.481 e. The first-order chi connectivity index (χ1) is 5.57. The zero-order chi connectivity index (χ0) is 9.56. The Hall–Kier alpha value is -0.790. The quantitative estimate of drug-likeness (QED) is 0.644. The topological polar surface area (TPSA) is 37.3 Å². The lowest BCUT2D eigenvalue weighted by Gasteiger charge is -2.04. The van der Waals surface area contributed by atoms with Crippen LogP contribution in [0.4, 0.5) is 0 Å². The molecule has 0 atom stereocenters. The molecule has 0 rings (SSSR count). The van der Waals surface area contributed by atoms with Gasteiger partial charge in [0, 0.05) is 0 Å². The van der Waals surface area contributed by atoms with Crippen LogP contribution in [0.5, 0.6) is 0 Å². The Morgan fingerprint density at radius 2 is 1.83 bits per heavy atom. The van der Waals surface area contributed by atoms with Crippen LogP contribution in [0.25, 0.3) is 0 Å². The monoisotopic (exact) mass is 170 g/mol. The smallest absolute Gasteiger partial charge is 0.307 e. The zero-order valence-electron chi connectivity index (χ0n) is 8.18. The number of carbonyl (C=O) groups is 1. The molecular formula is C10H18O2. The highest BCUT2D eigenvalue weighted by Gasteiger charge is 2.01. The molecular weight excluding hydrogens is 152 g/mol. The summed E-state index contributed by atoms with van der Waals surface area (Å²) in [7, 11) is 0. The van der Waals surface area contributed by atoms with Crippen molar-refractivity contribution in [3.8, 4) is 0 Å². The second kappa shape index (κ2) is 5.81. The van der Waals surface area contributed by atoms with E-state index in [2.05, 4.69) is 6.92 Å². The maximum atomic E-state index is 10.4. The van der Waals surface area contributed by atoms with Crippen LogP contribution in [0.1, 0.15) is 46.5 Å². The van der Waals surface area contributed by atoms with Gasteiger partial charge in [-0.05, 0) is 26.7 Å². The van der Waals surface area contributed by atoms with Crippen LogP contribution in [0.2, 0.25) is 0 Å². The maximum Gasteiger partial charge on any atom is 0.307 e. The molecule has 0 aromatic rings. The molecule has 12 heavy (non-hydrogen) atoms. The Balaban J connectivity index is 3.97. The van der Waals surface area contributed by atoms with E-state index in [1.807, 2.05) is 13.8 Å². The van der Waals surface area contributed by atoms with Gasteiger partial charge in [0.25, 0.3) is 0 Å². The van der Waals surface area contributed by atoms with Gasteiger partial charge in [-0.3, -0.25) is 4.79 Å². The molecule has 0 aromatic carbocycles. The standard InChI is InChI=1S/C10H18O2/c1-4-5-6-8(2)9(3)7-10(11)12/h4-7H2,1-3H3,(H,11,12)/b9-8+. The molecule has 0 spiro atoms. The molecule has 0 amide bonds. The van der Waals surface area contributed by atoms with Gasteiger partial charge < -0.3 is 5.11 Å². The van der Waals surface area contributed by atoms with E-state index in [-0.39, 0.29) is 6.42 Å². The lowest BCUT2D eigenvalue weighted by molar-refractivity contribution is -0.136. The first-order valence-electron chi connectivity index (χ1n) is 4.45. The number of hydrogen-bond acceptors (Lipinski definition) is 1. The van der Waals surface area contributed by atoms with E-state index in [0.717, 1.165) is 24.8 Å². The molecule has 0 aliphatic heterocycles. The number of unbranched alkanes of at least 4 members (excludes halogenated alkanes) is 1.